The molecule has 138 valence electrons. The van der Waals surface area contributed by atoms with Gasteiger partial charge in [0.1, 0.15) is 11.2 Å². The molecule has 1 heterocycles. The number of amidine groups is 1. The smallest absolute Gasteiger partial charge is 0.274 e. The van der Waals surface area contributed by atoms with Gasteiger partial charge in [0.05, 0.1) is 0 Å². The molecule has 0 bridgehead atoms. The summed E-state index contributed by atoms with van der Waals surface area (Å²) in [5.74, 6) is -0.0233. The van der Waals surface area contributed by atoms with Crippen molar-refractivity contribution in [2.75, 3.05) is 11.9 Å². The van der Waals surface area contributed by atoms with E-state index in [1.807, 2.05) is 59.2 Å². The number of benzene rings is 2. The normalized spacial score (nSPS) is 15.7. The third-order valence-electron chi connectivity index (χ3n) is 5.17. The van der Waals surface area contributed by atoms with Gasteiger partial charge in [0, 0.05) is 28.1 Å². The number of hydrogen-bond donors (Lipinski definition) is 2. The molecule has 4 rings (SSSR count). The molecule has 1 fully saturated rings. The first kappa shape index (κ1) is 17.6. The number of para-hydroxylation sites is 1. The first-order valence-electron chi connectivity index (χ1n) is 8.60. The summed E-state index contributed by atoms with van der Waals surface area (Å²) in [5.41, 5.74) is 7.56. The number of carbonyl (C=O) groups excluding carboxylic acids is 1. The van der Waals surface area contributed by atoms with Crippen LogP contribution in [0, 0.1) is 0 Å². The minimum Gasteiger partial charge on any atom is -0.409 e. The number of aromatic nitrogens is 1. The van der Waals surface area contributed by atoms with Crippen molar-refractivity contribution in [3.8, 4) is 0 Å². The van der Waals surface area contributed by atoms with Crippen molar-refractivity contribution in [1.82, 2.24) is 4.57 Å². The maximum atomic E-state index is 13.4. The highest BCUT2D eigenvalue weighted by atomic mass is 79.9. The maximum Gasteiger partial charge on any atom is 0.274 e. The number of oxime groups is 1. The predicted octanol–water partition coefficient (Wildman–Crippen LogP) is 3.92. The van der Waals surface area contributed by atoms with Crippen molar-refractivity contribution in [2.24, 2.45) is 10.9 Å². The molecule has 3 aromatic rings. The van der Waals surface area contributed by atoms with Crippen molar-refractivity contribution in [3.63, 3.8) is 0 Å². The average molecular weight is 427 g/mol. The molecule has 3 N–H and O–H groups in total. The summed E-state index contributed by atoms with van der Waals surface area (Å²) in [6.07, 6.45) is 1.44. The molecule has 27 heavy (non-hydrogen) atoms. The Morgan fingerprint density at radius 1 is 1.22 bits per heavy atom. The number of hydrogen-bond acceptors (Lipinski definition) is 3. The van der Waals surface area contributed by atoms with Crippen LogP contribution in [0.2, 0.25) is 0 Å². The quantitative estimate of drug-likeness (QED) is 0.287. The predicted molar refractivity (Wildman–Crippen MR) is 109 cm³/mol. The lowest BCUT2D eigenvalue weighted by Crippen LogP contribution is -2.38. The van der Waals surface area contributed by atoms with E-state index < -0.39 is 5.54 Å². The molecule has 1 aromatic heterocycles. The highest BCUT2D eigenvalue weighted by Gasteiger charge is 2.51. The summed E-state index contributed by atoms with van der Waals surface area (Å²) >= 11 is 3.48. The maximum absolute atomic E-state index is 13.4. The van der Waals surface area contributed by atoms with Crippen LogP contribution in [0.5, 0.6) is 0 Å². The van der Waals surface area contributed by atoms with E-state index in [1.54, 1.807) is 11.9 Å². The van der Waals surface area contributed by atoms with Crippen LogP contribution in [0.3, 0.4) is 0 Å². The number of carbonyl (C=O) groups is 1. The van der Waals surface area contributed by atoms with Gasteiger partial charge >= 0.3 is 0 Å². The van der Waals surface area contributed by atoms with Crippen molar-refractivity contribution in [1.29, 1.82) is 0 Å². The van der Waals surface area contributed by atoms with Gasteiger partial charge in [-0.2, -0.15) is 0 Å². The summed E-state index contributed by atoms with van der Waals surface area (Å²) in [7, 11) is 1.75. The Morgan fingerprint density at radius 3 is 2.56 bits per heavy atom. The van der Waals surface area contributed by atoms with Crippen LogP contribution in [0.1, 0.15) is 23.3 Å². The van der Waals surface area contributed by atoms with E-state index in [0.29, 0.717) is 5.69 Å². The summed E-state index contributed by atoms with van der Waals surface area (Å²) in [6.45, 7) is 0. The molecule has 0 aliphatic heterocycles. The van der Waals surface area contributed by atoms with Gasteiger partial charge in [-0.3, -0.25) is 4.79 Å². The molecular weight excluding hydrogens is 408 g/mol. The van der Waals surface area contributed by atoms with Gasteiger partial charge in [-0.05, 0) is 49.2 Å². The molecule has 6 nitrogen and oxygen atoms in total. The molecule has 0 spiro atoms. The van der Waals surface area contributed by atoms with Crippen molar-refractivity contribution in [2.45, 2.75) is 18.4 Å². The molecule has 7 heteroatoms. The van der Waals surface area contributed by atoms with Gasteiger partial charge in [-0.25, -0.2) is 0 Å². The second-order valence-electron chi connectivity index (χ2n) is 6.78. The van der Waals surface area contributed by atoms with E-state index in [1.165, 1.54) is 0 Å². The fourth-order valence-electron chi connectivity index (χ4n) is 3.55. The minimum atomic E-state index is -0.660. The van der Waals surface area contributed by atoms with Crippen LogP contribution < -0.4 is 10.6 Å². The van der Waals surface area contributed by atoms with Gasteiger partial charge in [0.15, 0.2) is 5.84 Å². The lowest BCUT2D eigenvalue weighted by atomic mass is 10.2. The zero-order chi connectivity index (χ0) is 19.2. The number of nitrogens with two attached hydrogens (primary N) is 1. The second-order valence-corrected chi connectivity index (χ2v) is 7.70. The molecule has 2 aromatic carbocycles. The summed E-state index contributed by atoms with van der Waals surface area (Å²) in [4.78, 5) is 15.0. The lowest BCUT2D eigenvalue weighted by molar-refractivity contribution is 0.0983. The van der Waals surface area contributed by atoms with E-state index in [2.05, 4.69) is 21.1 Å². The Bertz CT molecular complexity index is 1050. The first-order chi connectivity index (χ1) is 13.0. The standard InChI is InChI=1S/C20H19BrN4O2/c1-24(15-5-3-2-4-6-15)18(26)17-12-13-11-14(21)7-8-16(13)25(17)20(9-10-20)19(22)23-27/h2-8,11-12,27H,9-10H2,1H3,(H2,22,23). The molecule has 0 atom stereocenters. The largest absolute Gasteiger partial charge is 0.409 e. The Balaban J connectivity index is 1.90. The van der Waals surface area contributed by atoms with Gasteiger partial charge in [0.2, 0.25) is 0 Å². The number of anilines is 1. The fourth-order valence-corrected chi connectivity index (χ4v) is 3.93. The Labute approximate surface area is 165 Å². The van der Waals surface area contributed by atoms with E-state index in [9.17, 15) is 10.0 Å². The van der Waals surface area contributed by atoms with Crippen LogP contribution in [0.25, 0.3) is 10.9 Å². The number of nitrogens with zero attached hydrogens (tertiary/aromatic N) is 3. The Morgan fingerprint density at radius 2 is 1.93 bits per heavy atom. The number of halogens is 1. The van der Waals surface area contributed by atoms with Crippen LogP contribution in [-0.4, -0.2) is 28.6 Å². The second kappa shape index (κ2) is 6.42. The monoisotopic (exact) mass is 426 g/mol. The number of fused-ring (bicyclic) bond motifs is 1. The zero-order valence-electron chi connectivity index (χ0n) is 14.8. The Hall–Kier alpha value is -2.80. The van der Waals surface area contributed by atoms with E-state index in [4.69, 9.17) is 5.73 Å². The third-order valence-corrected chi connectivity index (χ3v) is 5.66. The molecule has 0 radical (unpaired) electrons. The van der Waals surface area contributed by atoms with E-state index in [0.717, 1.165) is 33.9 Å². The van der Waals surface area contributed by atoms with Crippen LogP contribution in [-0.2, 0) is 5.54 Å². The van der Waals surface area contributed by atoms with Crippen LogP contribution >= 0.6 is 15.9 Å². The fraction of sp³-hybridized carbons (Fsp3) is 0.200. The van der Waals surface area contributed by atoms with Gasteiger partial charge < -0.3 is 20.4 Å². The van der Waals surface area contributed by atoms with E-state index >= 15 is 0 Å². The van der Waals surface area contributed by atoms with Crippen molar-refractivity contribution >= 4 is 44.3 Å². The number of amides is 1. The molecule has 1 saturated carbocycles. The molecule has 0 saturated heterocycles. The lowest BCUT2D eigenvalue weighted by Gasteiger charge is -2.23. The van der Waals surface area contributed by atoms with Crippen LogP contribution in [0.15, 0.2) is 64.2 Å². The highest BCUT2D eigenvalue weighted by molar-refractivity contribution is 9.10. The summed E-state index contributed by atoms with van der Waals surface area (Å²) in [5, 5.41) is 13.5. The van der Waals surface area contributed by atoms with Crippen molar-refractivity contribution < 1.29 is 10.0 Å². The first-order valence-corrected chi connectivity index (χ1v) is 9.40. The third kappa shape index (κ3) is 2.78. The average Bonchev–Trinajstić information content (AvgIpc) is 3.41. The number of rotatable bonds is 4. The molecule has 1 amide bonds. The Kier molecular flexibility index (Phi) is 4.19. The molecule has 1 aliphatic carbocycles. The topological polar surface area (TPSA) is 83.9 Å². The SMILES string of the molecule is CN(C(=O)c1cc2cc(Br)ccc2n1C1(C(N)=NO)CC1)c1ccccc1. The highest BCUT2D eigenvalue weighted by Crippen LogP contribution is 2.47. The molecule has 0 unspecified atom stereocenters. The molecular formula is C20H19BrN4O2. The van der Waals surface area contributed by atoms with Gasteiger partial charge in [-0.15, -0.1) is 0 Å². The summed E-state index contributed by atoms with van der Waals surface area (Å²) in [6, 6.07) is 17.2. The summed E-state index contributed by atoms with van der Waals surface area (Å²) < 4.78 is 2.85. The zero-order valence-corrected chi connectivity index (χ0v) is 16.3. The minimum absolute atomic E-state index is 0.124. The molecule has 1 aliphatic rings. The van der Waals surface area contributed by atoms with Gasteiger partial charge in [-0.1, -0.05) is 39.3 Å². The van der Waals surface area contributed by atoms with Crippen molar-refractivity contribution in [3.05, 3.63) is 64.8 Å². The van der Waals surface area contributed by atoms with Gasteiger partial charge in [0.25, 0.3) is 5.91 Å². The van der Waals surface area contributed by atoms with E-state index in [-0.39, 0.29) is 11.7 Å². The van der Waals surface area contributed by atoms with Crippen LogP contribution in [0.4, 0.5) is 5.69 Å².